The van der Waals surface area contributed by atoms with E-state index in [1.54, 1.807) is 0 Å². The van der Waals surface area contributed by atoms with Gasteiger partial charge in [-0.3, -0.25) is 62.6 Å². The highest BCUT2D eigenvalue weighted by molar-refractivity contribution is 5.80. The zero-order valence-electron chi connectivity index (χ0n) is 75.8. The number of nitrogens with one attached hydrogen (secondary N) is 2. The highest BCUT2D eigenvalue weighted by Gasteiger charge is 2.39. The monoisotopic (exact) mass is 1690 g/mol. The molecule has 1 saturated carbocycles. The molecule has 1 aliphatic carbocycles. The van der Waals surface area contributed by atoms with E-state index in [1.165, 1.54) is 230 Å². The Kier molecular flexibility index (Phi) is 74.7. The van der Waals surface area contributed by atoms with Crippen molar-refractivity contribution in [2.75, 3.05) is 78.7 Å². The van der Waals surface area contributed by atoms with Crippen LogP contribution in [0.1, 0.15) is 432 Å². The number of nitrogens with zero attached hydrogens (tertiary/aromatic N) is 3. The standard InChI is InChI=1S/C95H175N5O19/c1-5-9-13-17-21-25-29-33-37-41-45-49-53-60-90(110)117-78-83(116-72-58-52-48-44-40-36-32-28-24-20-16-12-8-4)93(84(119-92(112)62-55-51-47-43-39-35-31-27-23-19-15-11-7-3)79-118-91(111)61-54-50-46-42-38-34-30-26-22-18-14-10-6-2)97-94(113)81-65-63-80(64-66-81)73-85(101)96-67-57-56-59-82(95(114)115)100(70-68-98(74-86(102)103)75-87(104)105)71-69-99(76-88(106)107)77-89(108)109/h80-84,93H,5-79H2,1-4H3,(H,96,101)(H,97,113)(H,102,103)(H,104,105)(H,106,107)(H,108,109)(H,114,115). The molecule has 0 aromatic heterocycles. The van der Waals surface area contributed by atoms with E-state index >= 15 is 4.79 Å². The van der Waals surface area contributed by atoms with Gasteiger partial charge in [0.25, 0.3) is 0 Å². The Balaban J connectivity index is 3.54. The fraction of sp³-hybridized carbons (Fsp3) is 0.895. The number of carbonyl (C=O) groups is 10. The molecule has 1 rings (SSSR count). The number of ether oxygens (including phenoxy) is 4. The first-order valence-corrected chi connectivity index (χ1v) is 48.7. The van der Waals surface area contributed by atoms with Crippen molar-refractivity contribution < 1.29 is 92.4 Å². The van der Waals surface area contributed by atoms with Gasteiger partial charge in [0.15, 0.2) is 6.10 Å². The lowest BCUT2D eigenvalue weighted by molar-refractivity contribution is -0.168. The lowest BCUT2D eigenvalue weighted by atomic mass is 9.80. The van der Waals surface area contributed by atoms with Crippen molar-refractivity contribution in [2.24, 2.45) is 11.8 Å². The Morgan fingerprint density at radius 1 is 0.353 bits per heavy atom. The number of carboxylic acids is 5. The van der Waals surface area contributed by atoms with E-state index in [0.717, 1.165) is 93.3 Å². The largest absolute Gasteiger partial charge is 0.480 e. The molecule has 0 radical (unpaired) electrons. The Morgan fingerprint density at radius 2 is 0.664 bits per heavy atom. The van der Waals surface area contributed by atoms with Crippen LogP contribution in [0, 0.1) is 11.8 Å². The van der Waals surface area contributed by atoms with Gasteiger partial charge in [-0.05, 0) is 76.5 Å². The normalized spacial score (nSPS) is 14.6. The molecule has 1 aliphatic rings. The molecule has 0 saturated heterocycles. The highest BCUT2D eigenvalue weighted by atomic mass is 16.6. The van der Waals surface area contributed by atoms with Gasteiger partial charge in [-0.2, -0.15) is 0 Å². The van der Waals surface area contributed by atoms with Crippen LogP contribution in [-0.2, 0) is 66.9 Å². The summed E-state index contributed by atoms with van der Waals surface area (Å²) in [5, 5.41) is 54.6. The van der Waals surface area contributed by atoms with Crippen LogP contribution >= 0.6 is 0 Å². The molecule has 1 fully saturated rings. The lowest BCUT2D eigenvalue weighted by Crippen LogP contribution is -2.57. The summed E-state index contributed by atoms with van der Waals surface area (Å²) in [5.74, 6) is -8.82. The summed E-state index contributed by atoms with van der Waals surface area (Å²) in [6, 6.07) is -2.29. The lowest BCUT2D eigenvalue weighted by Gasteiger charge is -2.35. The van der Waals surface area contributed by atoms with Gasteiger partial charge >= 0.3 is 47.8 Å². The Labute approximate surface area is 720 Å². The SMILES string of the molecule is CCCCCCCCCCCCCCCOC(COC(=O)CCCCCCCCCCCCCCC)C(NC(=O)C1CCC(CC(=O)NCCCCC(C(=O)O)N(CCN(CC(=O)O)CC(=O)O)CCN(CC(=O)O)CC(=O)O)CC1)C(COC(=O)CCCCCCCCCCCCCCC)OC(=O)CCCCCCCCCCCCCCC. The van der Waals surface area contributed by atoms with Crippen molar-refractivity contribution in [3.8, 4) is 0 Å². The third-order valence-corrected chi connectivity index (χ3v) is 23.7. The van der Waals surface area contributed by atoms with Crippen molar-refractivity contribution in [1.82, 2.24) is 25.3 Å². The Hall–Kier alpha value is -5.46. The van der Waals surface area contributed by atoms with E-state index in [-0.39, 0.29) is 102 Å². The van der Waals surface area contributed by atoms with Gasteiger partial charge in [0.05, 0.1) is 32.2 Å². The van der Waals surface area contributed by atoms with Crippen LogP contribution in [0.5, 0.6) is 0 Å². The van der Waals surface area contributed by atoms with E-state index in [1.807, 2.05) is 0 Å². The molecule has 4 unspecified atom stereocenters. The predicted octanol–water partition coefficient (Wildman–Crippen LogP) is 20.6. The molecule has 0 spiro atoms. The number of esters is 3. The minimum Gasteiger partial charge on any atom is -0.480 e. The van der Waals surface area contributed by atoms with Gasteiger partial charge in [0, 0.05) is 70.9 Å². The molecular formula is C95H175N5O19. The number of hydrogen-bond donors (Lipinski definition) is 7. The van der Waals surface area contributed by atoms with E-state index < -0.39 is 98.2 Å². The van der Waals surface area contributed by atoms with Crippen LogP contribution in [0.2, 0.25) is 0 Å². The summed E-state index contributed by atoms with van der Waals surface area (Å²) in [7, 11) is 0. The Bertz CT molecular complexity index is 2470. The minimum atomic E-state index is -1.30. The summed E-state index contributed by atoms with van der Waals surface area (Å²) in [4.78, 5) is 134. The smallest absolute Gasteiger partial charge is 0.320 e. The average Bonchev–Trinajstić information content (AvgIpc) is 0.838. The number of aliphatic carboxylic acids is 5. The number of carbonyl (C=O) groups excluding carboxylic acids is 5. The maximum atomic E-state index is 15.1. The third-order valence-electron chi connectivity index (χ3n) is 23.7. The summed E-state index contributed by atoms with van der Waals surface area (Å²) >= 11 is 0. The molecule has 4 atom stereocenters. The van der Waals surface area contributed by atoms with E-state index in [0.29, 0.717) is 70.8 Å². The van der Waals surface area contributed by atoms with Crippen LogP contribution in [-0.4, -0.2) is 203 Å². The minimum absolute atomic E-state index is 0.0399. The van der Waals surface area contributed by atoms with Crippen molar-refractivity contribution in [3.05, 3.63) is 0 Å². The maximum absolute atomic E-state index is 15.1. The molecule has 24 nitrogen and oxygen atoms in total. The fourth-order valence-corrected chi connectivity index (χ4v) is 16.4. The second-order valence-corrected chi connectivity index (χ2v) is 34.7. The summed E-state index contributed by atoms with van der Waals surface area (Å²) in [5.41, 5.74) is 0. The zero-order valence-corrected chi connectivity index (χ0v) is 75.8. The first kappa shape index (κ1) is 112. The van der Waals surface area contributed by atoms with Crippen LogP contribution < -0.4 is 10.6 Å². The topological polar surface area (TPSA) is 343 Å². The van der Waals surface area contributed by atoms with Crippen LogP contribution in [0.25, 0.3) is 0 Å². The number of rotatable bonds is 89. The molecular weight excluding hydrogens is 1520 g/mol. The Morgan fingerprint density at radius 3 is 0.992 bits per heavy atom. The summed E-state index contributed by atoms with van der Waals surface area (Å²) in [6.45, 7) is 5.72. The van der Waals surface area contributed by atoms with E-state index in [2.05, 4.69) is 38.3 Å². The third kappa shape index (κ3) is 68.6. The second kappa shape index (κ2) is 79.7. The molecule has 0 aromatic carbocycles. The summed E-state index contributed by atoms with van der Waals surface area (Å²) in [6.07, 6.45) is 61.6. The average molecular weight is 1690 g/mol. The first-order valence-electron chi connectivity index (χ1n) is 48.7. The number of carboxylic acid groups (broad SMARTS) is 5. The van der Waals surface area contributed by atoms with Crippen LogP contribution in [0.3, 0.4) is 0 Å². The van der Waals surface area contributed by atoms with Gasteiger partial charge in [-0.25, -0.2) is 0 Å². The second-order valence-electron chi connectivity index (χ2n) is 34.7. The van der Waals surface area contributed by atoms with Gasteiger partial charge in [-0.1, -0.05) is 336 Å². The molecule has 119 heavy (non-hydrogen) atoms. The van der Waals surface area contributed by atoms with Gasteiger partial charge < -0.3 is 55.1 Å². The zero-order chi connectivity index (χ0) is 87.2. The van der Waals surface area contributed by atoms with Gasteiger partial charge in [0.2, 0.25) is 11.8 Å². The van der Waals surface area contributed by atoms with Crippen molar-refractivity contribution in [2.45, 2.75) is 456 Å². The maximum Gasteiger partial charge on any atom is 0.320 e. The molecule has 0 bridgehead atoms. The summed E-state index contributed by atoms with van der Waals surface area (Å²) < 4.78 is 25.6. The number of hydrogen-bond acceptors (Lipinski definition) is 17. The number of amides is 2. The molecule has 694 valence electrons. The molecule has 2 amide bonds. The predicted molar refractivity (Wildman–Crippen MR) is 473 cm³/mol. The first-order chi connectivity index (χ1) is 57.7. The molecule has 0 aromatic rings. The molecule has 24 heteroatoms. The van der Waals surface area contributed by atoms with E-state index in [4.69, 9.17) is 18.9 Å². The molecule has 7 N–H and O–H groups in total. The van der Waals surface area contributed by atoms with Crippen LogP contribution in [0.4, 0.5) is 0 Å². The van der Waals surface area contributed by atoms with Crippen molar-refractivity contribution >= 4 is 59.6 Å². The quantitative estimate of drug-likeness (QED) is 0.0169. The van der Waals surface area contributed by atoms with Crippen LogP contribution in [0.15, 0.2) is 0 Å². The van der Waals surface area contributed by atoms with E-state index in [9.17, 15) is 68.7 Å². The van der Waals surface area contributed by atoms with Crippen molar-refractivity contribution in [3.63, 3.8) is 0 Å². The van der Waals surface area contributed by atoms with Crippen molar-refractivity contribution in [1.29, 1.82) is 0 Å². The fourth-order valence-electron chi connectivity index (χ4n) is 16.4. The number of unbranched alkanes of at least 4 members (excludes halogenated alkanes) is 49. The van der Waals surface area contributed by atoms with Gasteiger partial charge in [0.1, 0.15) is 25.4 Å². The molecule has 0 heterocycles. The molecule has 0 aliphatic heterocycles. The highest BCUT2D eigenvalue weighted by Crippen LogP contribution is 2.32. The van der Waals surface area contributed by atoms with Gasteiger partial charge in [-0.15, -0.1) is 0 Å².